The van der Waals surface area contributed by atoms with Gasteiger partial charge in [0.15, 0.2) is 4.96 Å². The minimum Gasteiger partial charge on any atom is -0.321 e. The number of benzene rings is 2. The van der Waals surface area contributed by atoms with E-state index in [0.717, 1.165) is 33.1 Å². The van der Waals surface area contributed by atoms with Crippen LogP contribution in [0.2, 0.25) is 0 Å². The molecule has 0 unspecified atom stereocenters. The summed E-state index contributed by atoms with van der Waals surface area (Å²) in [6.45, 7) is 4.05. The van der Waals surface area contributed by atoms with Crippen LogP contribution < -0.4 is 15.7 Å². The first-order valence-corrected chi connectivity index (χ1v) is 9.39. The monoisotopic (exact) mass is 373 g/mol. The van der Waals surface area contributed by atoms with Gasteiger partial charge in [0, 0.05) is 11.1 Å². The first-order valence-electron chi connectivity index (χ1n) is 8.57. The van der Waals surface area contributed by atoms with Gasteiger partial charge in [0.05, 0.1) is 15.6 Å². The van der Waals surface area contributed by atoms with E-state index < -0.39 is 0 Å². The first kappa shape index (κ1) is 16.0. The lowest BCUT2D eigenvalue weighted by Gasteiger charge is -1.99. The van der Waals surface area contributed by atoms with Crippen molar-refractivity contribution in [1.29, 1.82) is 0 Å². The van der Waals surface area contributed by atoms with Crippen molar-refractivity contribution in [2.24, 2.45) is 0 Å². The third kappa shape index (κ3) is 2.41. The number of hydrogen-bond donors (Lipinski definition) is 1. The number of nitrogens with zero attached hydrogens (tertiary/aromatic N) is 2. The number of aromatic nitrogens is 3. The molecule has 3 aromatic heterocycles. The molecule has 0 atom stereocenters. The maximum atomic E-state index is 13.0. The lowest BCUT2D eigenvalue weighted by Crippen LogP contribution is -2.24. The van der Waals surface area contributed by atoms with Crippen LogP contribution in [0.25, 0.3) is 33.0 Å². The van der Waals surface area contributed by atoms with Crippen molar-refractivity contribution in [2.75, 3.05) is 0 Å². The number of rotatable bonds is 1. The Bertz CT molecular complexity index is 1540. The molecule has 0 saturated carbocycles. The first-order chi connectivity index (χ1) is 13.0. The fraction of sp³-hybridized carbons (Fsp3) is 0.0952. The number of para-hydroxylation sites is 1. The van der Waals surface area contributed by atoms with Gasteiger partial charge < -0.3 is 4.98 Å². The van der Waals surface area contributed by atoms with E-state index in [0.29, 0.717) is 15.1 Å². The molecule has 2 aromatic carbocycles. The Morgan fingerprint density at radius 1 is 1.07 bits per heavy atom. The van der Waals surface area contributed by atoms with E-state index in [1.54, 1.807) is 10.5 Å². The van der Waals surface area contributed by atoms with Crippen molar-refractivity contribution in [2.45, 2.75) is 13.8 Å². The van der Waals surface area contributed by atoms with Crippen LogP contribution >= 0.6 is 11.3 Å². The van der Waals surface area contributed by atoms with Crippen LogP contribution in [0.4, 0.5) is 0 Å². The van der Waals surface area contributed by atoms with Gasteiger partial charge in [-0.3, -0.25) is 9.59 Å². The average molecular weight is 373 g/mol. The normalized spacial score (nSPS) is 12.6. The zero-order valence-corrected chi connectivity index (χ0v) is 15.6. The molecular formula is C21H15N3O2S. The van der Waals surface area contributed by atoms with E-state index >= 15 is 0 Å². The highest BCUT2D eigenvalue weighted by molar-refractivity contribution is 7.15. The molecule has 0 amide bonds. The average Bonchev–Trinajstić information content (AvgIpc) is 3.12. The molecule has 0 spiro atoms. The lowest BCUT2D eigenvalue weighted by atomic mass is 10.1. The van der Waals surface area contributed by atoms with Crippen molar-refractivity contribution in [3.05, 3.63) is 84.4 Å². The number of hydrogen-bond acceptors (Lipinski definition) is 4. The number of pyridine rings is 1. The van der Waals surface area contributed by atoms with Crippen LogP contribution in [0.15, 0.2) is 52.1 Å². The standard InChI is InChI=1S/C21H15N3O2S/c1-11-7-16-17(8-12(11)2)24-20(26)18(27-21(24)23-16)10-14-9-13-5-3-4-6-15(13)22-19(14)25/h3-10H,1-2H3,(H,22,25)/b18-10-. The Morgan fingerprint density at radius 2 is 1.85 bits per heavy atom. The number of aryl methyl sites for hydroxylation is 2. The van der Waals surface area contributed by atoms with Crippen LogP contribution in [0.1, 0.15) is 16.7 Å². The van der Waals surface area contributed by atoms with E-state index in [1.807, 2.05) is 56.3 Å². The van der Waals surface area contributed by atoms with Gasteiger partial charge in [-0.2, -0.15) is 0 Å². The summed E-state index contributed by atoms with van der Waals surface area (Å²) in [4.78, 5) is 33.5. The van der Waals surface area contributed by atoms with Gasteiger partial charge in [-0.25, -0.2) is 9.38 Å². The number of aromatic amines is 1. The third-order valence-corrected chi connectivity index (χ3v) is 5.89. The molecule has 5 aromatic rings. The summed E-state index contributed by atoms with van der Waals surface area (Å²) in [6, 6.07) is 13.4. The van der Waals surface area contributed by atoms with Crippen molar-refractivity contribution in [3.63, 3.8) is 0 Å². The van der Waals surface area contributed by atoms with Crippen LogP contribution in [0, 0.1) is 13.8 Å². The Kier molecular flexibility index (Phi) is 3.32. The molecule has 132 valence electrons. The van der Waals surface area contributed by atoms with Crippen molar-refractivity contribution in [3.8, 4) is 0 Å². The molecular weight excluding hydrogens is 358 g/mol. The van der Waals surface area contributed by atoms with Gasteiger partial charge >= 0.3 is 0 Å². The number of nitrogens with one attached hydrogen (secondary N) is 1. The van der Waals surface area contributed by atoms with E-state index in [4.69, 9.17) is 0 Å². The van der Waals surface area contributed by atoms with Gasteiger partial charge in [0.1, 0.15) is 0 Å². The number of fused-ring (bicyclic) bond motifs is 4. The van der Waals surface area contributed by atoms with E-state index in [1.165, 1.54) is 11.3 Å². The van der Waals surface area contributed by atoms with Crippen molar-refractivity contribution in [1.82, 2.24) is 14.4 Å². The minimum absolute atomic E-state index is 0.145. The van der Waals surface area contributed by atoms with Crippen LogP contribution in [-0.4, -0.2) is 14.4 Å². The largest absolute Gasteiger partial charge is 0.321 e. The third-order valence-electron chi connectivity index (χ3n) is 4.92. The zero-order valence-electron chi connectivity index (χ0n) is 14.7. The summed E-state index contributed by atoms with van der Waals surface area (Å²) in [6.07, 6.45) is 1.65. The number of H-pyrrole nitrogens is 1. The Labute approximate surface area is 157 Å². The van der Waals surface area contributed by atoms with Gasteiger partial charge in [-0.1, -0.05) is 29.5 Å². The molecule has 3 heterocycles. The molecule has 6 heteroatoms. The lowest BCUT2D eigenvalue weighted by molar-refractivity contribution is 1.18. The zero-order chi connectivity index (χ0) is 18.7. The predicted molar refractivity (Wildman–Crippen MR) is 110 cm³/mol. The number of thiazole rings is 1. The van der Waals surface area contributed by atoms with Gasteiger partial charge in [0.25, 0.3) is 11.1 Å². The fourth-order valence-corrected chi connectivity index (χ4v) is 4.31. The van der Waals surface area contributed by atoms with Gasteiger partial charge in [-0.05, 0) is 60.7 Å². The highest BCUT2D eigenvalue weighted by Crippen LogP contribution is 2.20. The van der Waals surface area contributed by atoms with Gasteiger partial charge in [-0.15, -0.1) is 0 Å². The smallest absolute Gasteiger partial charge is 0.274 e. The molecule has 5 rings (SSSR count). The minimum atomic E-state index is -0.213. The van der Waals surface area contributed by atoms with E-state index in [9.17, 15) is 9.59 Å². The molecule has 0 aliphatic carbocycles. The quantitative estimate of drug-likeness (QED) is 0.491. The highest BCUT2D eigenvalue weighted by atomic mass is 32.1. The maximum Gasteiger partial charge on any atom is 0.274 e. The molecule has 0 bridgehead atoms. The topological polar surface area (TPSA) is 67.2 Å². The molecule has 0 aliphatic rings. The molecule has 1 N–H and O–H groups in total. The Morgan fingerprint density at radius 3 is 2.70 bits per heavy atom. The number of imidazole rings is 1. The fourth-order valence-electron chi connectivity index (χ4n) is 3.33. The summed E-state index contributed by atoms with van der Waals surface area (Å²) in [5.74, 6) is 0. The van der Waals surface area contributed by atoms with Crippen molar-refractivity contribution >= 4 is 44.3 Å². The maximum absolute atomic E-state index is 13.0. The summed E-state index contributed by atoms with van der Waals surface area (Å²) in [7, 11) is 0. The molecule has 0 saturated heterocycles. The summed E-state index contributed by atoms with van der Waals surface area (Å²) in [5, 5.41) is 0.925. The molecule has 5 nitrogen and oxygen atoms in total. The highest BCUT2D eigenvalue weighted by Gasteiger charge is 2.12. The van der Waals surface area contributed by atoms with Crippen LogP contribution in [-0.2, 0) is 0 Å². The molecule has 27 heavy (non-hydrogen) atoms. The Hall–Kier alpha value is -3.25. The summed E-state index contributed by atoms with van der Waals surface area (Å²) < 4.78 is 2.13. The second-order valence-corrected chi connectivity index (χ2v) is 7.72. The second-order valence-electron chi connectivity index (χ2n) is 6.71. The van der Waals surface area contributed by atoms with Crippen LogP contribution in [0.5, 0.6) is 0 Å². The molecule has 0 radical (unpaired) electrons. The SMILES string of the molecule is Cc1cc2nc3s/c(=C\c4cc5ccccc5[nH]c4=O)c(=O)n3c2cc1C. The van der Waals surface area contributed by atoms with Crippen LogP contribution in [0.3, 0.4) is 0 Å². The predicted octanol–water partition coefficient (Wildman–Crippen LogP) is 2.92. The Balaban J connectivity index is 1.79. The van der Waals surface area contributed by atoms with Gasteiger partial charge in [0.2, 0.25) is 0 Å². The van der Waals surface area contributed by atoms with E-state index in [-0.39, 0.29) is 11.1 Å². The van der Waals surface area contributed by atoms with E-state index in [2.05, 4.69) is 9.97 Å². The molecule has 0 fully saturated rings. The summed E-state index contributed by atoms with van der Waals surface area (Å²) >= 11 is 1.30. The second kappa shape index (κ2) is 5.62. The summed E-state index contributed by atoms with van der Waals surface area (Å²) in [5.41, 5.74) is 4.77. The van der Waals surface area contributed by atoms with Crippen molar-refractivity contribution < 1.29 is 0 Å². The molecule has 0 aliphatic heterocycles.